The molecule has 4 heteroatoms. The van der Waals surface area contributed by atoms with Gasteiger partial charge in [-0.2, -0.15) is 0 Å². The standard InChI is InChI=1S/C14H20ClFN2/c1-3-11-7-17-10(2)8-18(11)9-12-13(15)5-4-6-14(12)16/h4-6,10-11,17H,3,7-9H2,1-2H3. The van der Waals surface area contributed by atoms with Crippen LogP contribution in [0.15, 0.2) is 18.2 Å². The van der Waals surface area contributed by atoms with E-state index < -0.39 is 0 Å². The lowest BCUT2D eigenvalue weighted by molar-refractivity contribution is 0.123. The van der Waals surface area contributed by atoms with E-state index in [9.17, 15) is 4.39 Å². The highest BCUT2D eigenvalue weighted by Crippen LogP contribution is 2.23. The van der Waals surface area contributed by atoms with Crippen LogP contribution in [0.25, 0.3) is 0 Å². The molecule has 1 saturated heterocycles. The summed E-state index contributed by atoms with van der Waals surface area (Å²) in [4.78, 5) is 2.32. The number of nitrogens with one attached hydrogen (secondary N) is 1. The summed E-state index contributed by atoms with van der Waals surface area (Å²) in [6.45, 7) is 6.81. The van der Waals surface area contributed by atoms with Crippen LogP contribution >= 0.6 is 11.6 Å². The minimum atomic E-state index is -0.205. The number of piperazine rings is 1. The van der Waals surface area contributed by atoms with Gasteiger partial charge in [0.05, 0.1) is 0 Å². The number of hydrogen-bond donors (Lipinski definition) is 1. The van der Waals surface area contributed by atoms with E-state index in [1.165, 1.54) is 6.07 Å². The summed E-state index contributed by atoms with van der Waals surface area (Å²) in [7, 11) is 0. The van der Waals surface area contributed by atoms with Gasteiger partial charge in [0, 0.05) is 42.3 Å². The van der Waals surface area contributed by atoms with Crippen molar-refractivity contribution in [2.45, 2.75) is 38.9 Å². The Bertz CT molecular complexity index is 391. The smallest absolute Gasteiger partial charge is 0.129 e. The molecule has 1 N–H and O–H groups in total. The first-order chi connectivity index (χ1) is 8.61. The molecule has 2 rings (SSSR count). The predicted octanol–water partition coefficient (Wildman–Crippen LogP) is 3.05. The van der Waals surface area contributed by atoms with Gasteiger partial charge in [-0.25, -0.2) is 4.39 Å². The van der Waals surface area contributed by atoms with Gasteiger partial charge >= 0.3 is 0 Å². The number of hydrogen-bond acceptors (Lipinski definition) is 2. The topological polar surface area (TPSA) is 15.3 Å². The minimum absolute atomic E-state index is 0.205. The maximum Gasteiger partial charge on any atom is 0.129 e. The van der Waals surface area contributed by atoms with Crippen LogP contribution in [0, 0.1) is 5.82 Å². The normalized spacial score (nSPS) is 25.3. The van der Waals surface area contributed by atoms with Gasteiger partial charge < -0.3 is 5.32 Å². The fourth-order valence-electron chi connectivity index (χ4n) is 2.51. The van der Waals surface area contributed by atoms with Crippen LogP contribution in [0.2, 0.25) is 5.02 Å². The van der Waals surface area contributed by atoms with E-state index >= 15 is 0 Å². The third-order valence-electron chi connectivity index (χ3n) is 3.62. The van der Waals surface area contributed by atoms with Gasteiger partial charge in [0.2, 0.25) is 0 Å². The van der Waals surface area contributed by atoms with Gasteiger partial charge in [-0.1, -0.05) is 24.6 Å². The average Bonchev–Trinajstić information content (AvgIpc) is 2.34. The molecule has 2 atom stereocenters. The van der Waals surface area contributed by atoms with E-state index in [2.05, 4.69) is 24.1 Å². The van der Waals surface area contributed by atoms with Gasteiger partial charge in [-0.15, -0.1) is 0 Å². The second kappa shape index (κ2) is 6.00. The Morgan fingerprint density at radius 3 is 2.94 bits per heavy atom. The lowest BCUT2D eigenvalue weighted by Gasteiger charge is -2.39. The van der Waals surface area contributed by atoms with E-state index in [0.29, 0.717) is 29.2 Å². The van der Waals surface area contributed by atoms with Crippen molar-refractivity contribution in [2.24, 2.45) is 0 Å². The highest BCUT2D eigenvalue weighted by molar-refractivity contribution is 6.31. The summed E-state index contributed by atoms with van der Waals surface area (Å²) in [5.74, 6) is -0.205. The predicted molar refractivity (Wildman–Crippen MR) is 73.4 cm³/mol. The fraction of sp³-hybridized carbons (Fsp3) is 0.571. The largest absolute Gasteiger partial charge is 0.311 e. The van der Waals surface area contributed by atoms with Crippen molar-refractivity contribution in [3.05, 3.63) is 34.6 Å². The Kier molecular flexibility index (Phi) is 4.60. The number of nitrogens with zero attached hydrogens (tertiary/aromatic N) is 1. The molecule has 0 aliphatic carbocycles. The first-order valence-corrected chi connectivity index (χ1v) is 6.90. The molecular weight excluding hydrogens is 251 g/mol. The van der Waals surface area contributed by atoms with Crippen molar-refractivity contribution in [1.82, 2.24) is 10.2 Å². The van der Waals surface area contributed by atoms with Crippen molar-refractivity contribution in [2.75, 3.05) is 13.1 Å². The van der Waals surface area contributed by atoms with Gasteiger partial charge in [-0.05, 0) is 25.5 Å². The molecule has 0 aromatic heterocycles. The second-order valence-electron chi connectivity index (χ2n) is 5.00. The van der Waals surface area contributed by atoms with E-state index in [-0.39, 0.29) is 5.82 Å². The molecule has 100 valence electrons. The first-order valence-electron chi connectivity index (χ1n) is 6.52. The zero-order valence-electron chi connectivity index (χ0n) is 10.9. The molecule has 0 amide bonds. The summed E-state index contributed by atoms with van der Waals surface area (Å²) in [6, 6.07) is 5.79. The Morgan fingerprint density at radius 2 is 2.28 bits per heavy atom. The molecular formula is C14H20ClFN2. The molecule has 2 nitrogen and oxygen atoms in total. The minimum Gasteiger partial charge on any atom is -0.311 e. The summed E-state index contributed by atoms with van der Waals surface area (Å²) >= 11 is 6.09. The molecule has 18 heavy (non-hydrogen) atoms. The molecule has 0 bridgehead atoms. The van der Waals surface area contributed by atoms with Crippen LogP contribution in [-0.4, -0.2) is 30.1 Å². The summed E-state index contributed by atoms with van der Waals surface area (Å²) in [5.41, 5.74) is 0.617. The van der Waals surface area contributed by atoms with Crippen LogP contribution < -0.4 is 5.32 Å². The van der Waals surface area contributed by atoms with Gasteiger partial charge in [0.25, 0.3) is 0 Å². The average molecular weight is 271 g/mol. The van der Waals surface area contributed by atoms with Crippen LogP contribution in [0.3, 0.4) is 0 Å². The van der Waals surface area contributed by atoms with Crippen LogP contribution in [0.1, 0.15) is 25.8 Å². The summed E-state index contributed by atoms with van der Waals surface area (Å²) in [6.07, 6.45) is 1.06. The van der Waals surface area contributed by atoms with E-state index in [1.807, 2.05) is 0 Å². The molecule has 1 heterocycles. The molecule has 0 spiro atoms. The summed E-state index contributed by atoms with van der Waals surface area (Å²) < 4.78 is 13.8. The lowest BCUT2D eigenvalue weighted by atomic mass is 10.1. The molecule has 1 fully saturated rings. The van der Waals surface area contributed by atoms with E-state index in [4.69, 9.17) is 11.6 Å². The monoisotopic (exact) mass is 270 g/mol. The maximum absolute atomic E-state index is 13.8. The third kappa shape index (κ3) is 3.02. The Morgan fingerprint density at radius 1 is 1.50 bits per heavy atom. The number of halogens is 2. The van der Waals surface area contributed by atoms with Crippen LogP contribution in [-0.2, 0) is 6.54 Å². The zero-order chi connectivity index (χ0) is 13.1. The Balaban J connectivity index is 2.15. The second-order valence-corrected chi connectivity index (χ2v) is 5.41. The fourth-order valence-corrected chi connectivity index (χ4v) is 2.74. The van der Waals surface area contributed by atoms with E-state index in [0.717, 1.165) is 19.5 Å². The van der Waals surface area contributed by atoms with Gasteiger partial charge in [0.1, 0.15) is 5.82 Å². The number of rotatable bonds is 3. The van der Waals surface area contributed by atoms with E-state index in [1.54, 1.807) is 12.1 Å². The van der Waals surface area contributed by atoms with Gasteiger partial charge in [-0.3, -0.25) is 4.90 Å². The zero-order valence-corrected chi connectivity index (χ0v) is 11.7. The Hall–Kier alpha value is -0.640. The van der Waals surface area contributed by atoms with Crippen LogP contribution in [0.5, 0.6) is 0 Å². The maximum atomic E-state index is 13.8. The van der Waals surface area contributed by atoms with Crippen molar-refractivity contribution >= 4 is 11.6 Å². The SMILES string of the molecule is CCC1CNC(C)CN1Cc1c(F)cccc1Cl. The van der Waals surface area contributed by atoms with Crippen molar-refractivity contribution < 1.29 is 4.39 Å². The summed E-state index contributed by atoms with van der Waals surface area (Å²) in [5, 5.41) is 3.98. The molecule has 1 aromatic rings. The number of benzene rings is 1. The highest BCUT2D eigenvalue weighted by Gasteiger charge is 2.25. The third-order valence-corrected chi connectivity index (χ3v) is 3.97. The molecule has 0 saturated carbocycles. The Labute approximate surface area is 113 Å². The highest BCUT2D eigenvalue weighted by atomic mass is 35.5. The quantitative estimate of drug-likeness (QED) is 0.908. The molecule has 1 aliphatic heterocycles. The van der Waals surface area contributed by atoms with Crippen molar-refractivity contribution in [1.29, 1.82) is 0 Å². The molecule has 1 aliphatic rings. The molecule has 2 unspecified atom stereocenters. The molecule has 0 radical (unpaired) electrons. The molecule has 1 aromatic carbocycles. The lowest BCUT2D eigenvalue weighted by Crippen LogP contribution is -2.54. The van der Waals surface area contributed by atoms with Crippen LogP contribution in [0.4, 0.5) is 4.39 Å². The van der Waals surface area contributed by atoms with Crippen molar-refractivity contribution in [3.8, 4) is 0 Å². The first kappa shape index (κ1) is 13.8. The van der Waals surface area contributed by atoms with Crippen molar-refractivity contribution in [3.63, 3.8) is 0 Å². The van der Waals surface area contributed by atoms with Gasteiger partial charge in [0.15, 0.2) is 0 Å².